The van der Waals surface area contributed by atoms with Crippen LogP contribution in [0.1, 0.15) is 32.1 Å². The van der Waals surface area contributed by atoms with E-state index < -0.39 is 5.60 Å². The summed E-state index contributed by atoms with van der Waals surface area (Å²) in [5.74, 6) is 1.93. The van der Waals surface area contributed by atoms with Gasteiger partial charge in [0, 0.05) is 17.5 Å². The van der Waals surface area contributed by atoms with E-state index in [1.54, 1.807) is 0 Å². The summed E-state index contributed by atoms with van der Waals surface area (Å²) in [7, 11) is 0. The highest BCUT2D eigenvalue weighted by molar-refractivity contribution is 8.15. The van der Waals surface area contributed by atoms with Crippen LogP contribution in [0.4, 0.5) is 0 Å². The lowest BCUT2D eigenvalue weighted by atomic mass is 9.53. The molecule has 0 radical (unpaired) electrons. The summed E-state index contributed by atoms with van der Waals surface area (Å²) in [5.41, 5.74) is 0.730. The van der Waals surface area contributed by atoms with Gasteiger partial charge in [-0.2, -0.15) is 5.10 Å². The number of thioether (sulfide) groups is 1. The van der Waals surface area contributed by atoms with Crippen molar-refractivity contribution in [2.24, 2.45) is 28.0 Å². The van der Waals surface area contributed by atoms with Crippen LogP contribution in [0.2, 0.25) is 0 Å². The third kappa shape index (κ3) is 2.01. The monoisotopic (exact) mass is 279 g/mol. The fourth-order valence-corrected chi connectivity index (χ4v) is 4.99. The van der Waals surface area contributed by atoms with Crippen LogP contribution in [-0.2, 0) is 4.79 Å². The van der Waals surface area contributed by atoms with Crippen molar-refractivity contribution in [1.82, 2.24) is 5.32 Å². The first kappa shape index (κ1) is 11.9. The van der Waals surface area contributed by atoms with Gasteiger partial charge in [-0.3, -0.25) is 4.79 Å². The first-order chi connectivity index (χ1) is 9.11. The van der Waals surface area contributed by atoms with E-state index in [0.29, 0.717) is 28.7 Å². The number of amidine groups is 1. The zero-order valence-corrected chi connectivity index (χ0v) is 11.4. The smallest absolute Gasteiger partial charge is 0.236 e. The summed E-state index contributed by atoms with van der Waals surface area (Å²) in [6, 6.07) is 0. The van der Waals surface area contributed by atoms with Crippen LogP contribution in [0.15, 0.2) is 10.2 Å². The van der Waals surface area contributed by atoms with Crippen LogP contribution in [0.5, 0.6) is 0 Å². The lowest BCUT2D eigenvalue weighted by Crippen LogP contribution is -2.55. The molecular formula is C13H17N3O2S. The number of aliphatic hydroxyl groups is 1. The number of hydrogen-bond donors (Lipinski definition) is 2. The zero-order chi connectivity index (χ0) is 13.0. The SMILES string of the molecule is O=C1CS/C(=N/N=C2[C@@H]3CC4C[C@H]2CC(O)(C4)C3)N1. The Kier molecular flexibility index (Phi) is 2.54. The predicted octanol–water partition coefficient (Wildman–Crippen LogP) is 1.13. The lowest BCUT2D eigenvalue weighted by Gasteiger charge is -2.54. The maximum atomic E-state index is 11.1. The molecule has 0 aromatic rings. The van der Waals surface area contributed by atoms with Gasteiger partial charge in [0.25, 0.3) is 0 Å². The summed E-state index contributed by atoms with van der Waals surface area (Å²) in [4.78, 5) is 11.1. The van der Waals surface area contributed by atoms with Gasteiger partial charge in [0.05, 0.1) is 11.4 Å². The number of amides is 1. The molecule has 5 fully saturated rings. The molecule has 5 rings (SSSR count). The van der Waals surface area contributed by atoms with Crippen LogP contribution in [0.3, 0.4) is 0 Å². The van der Waals surface area contributed by atoms with Crippen LogP contribution in [-0.4, -0.2) is 33.2 Å². The van der Waals surface area contributed by atoms with Crippen molar-refractivity contribution in [2.75, 3.05) is 5.75 Å². The van der Waals surface area contributed by atoms with E-state index in [1.807, 2.05) is 0 Å². The van der Waals surface area contributed by atoms with E-state index in [4.69, 9.17) is 0 Å². The van der Waals surface area contributed by atoms with Gasteiger partial charge in [-0.1, -0.05) is 11.8 Å². The Morgan fingerprint density at radius 2 is 1.95 bits per heavy atom. The highest BCUT2D eigenvalue weighted by Crippen LogP contribution is 2.54. The largest absolute Gasteiger partial charge is 0.390 e. The molecule has 5 nitrogen and oxygen atoms in total. The second-order valence-electron chi connectivity index (χ2n) is 6.33. The van der Waals surface area contributed by atoms with Crippen LogP contribution < -0.4 is 5.32 Å². The van der Waals surface area contributed by atoms with E-state index >= 15 is 0 Å². The van der Waals surface area contributed by atoms with Gasteiger partial charge in [-0.25, -0.2) is 0 Å². The van der Waals surface area contributed by atoms with Crippen LogP contribution in [0, 0.1) is 17.8 Å². The van der Waals surface area contributed by atoms with Crippen molar-refractivity contribution in [3.05, 3.63) is 0 Å². The predicted molar refractivity (Wildman–Crippen MR) is 74.0 cm³/mol. The quantitative estimate of drug-likeness (QED) is 0.707. The van der Waals surface area contributed by atoms with Gasteiger partial charge in [-0.15, -0.1) is 5.10 Å². The molecule has 1 heterocycles. The number of hydrogen-bond acceptors (Lipinski definition) is 5. The molecule has 2 N–H and O–H groups in total. The molecule has 0 aromatic carbocycles. The second kappa shape index (κ2) is 4.06. The fourth-order valence-electron chi connectivity index (χ4n) is 4.37. The minimum Gasteiger partial charge on any atom is -0.390 e. The number of carbonyl (C=O) groups is 1. The normalized spacial score (nSPS) is 48.3. The molecule has 1 saturated heterocycles. The Hall–Kier alpha value is -0.880. The molecule has 1 aliphatic heterocycles. The van der Waals surface area contributed by atoms with Gasteiger partial charge in [-0.05, 0) is 38.0 Å². The Labute approximate surface area is 115 Å². The molecule has 19 heavy (non-hydrogen) atoms. The Morgan fingerprint density at radius 3 is 2.53 bits per heavy atom. The van der Waals surface area contributed by atoms with E-state index in [0.717, 1.165) is 37.8 Å². The minimum absolute atomic E-state index is 0.00310. The molecule has 0 spiro atoms. The molecule has 6 heteroatoms. The average Bonchev–Trinajstić information content (AvgIpc) is 2.72. The lowest BCUT2D eigenvalue weighted by molar-refractivity contribution is -0.116. The van der Waals surface area contributed by atoms with E-state index in [1.165, 1.54) is 11.8 Å². The van der Waals surface area contributed by atoms with Crippen molar-refractivity contribution in [3.8, 4) is 0 Å². The molecule has 4 atom stereocenters. The Bertz CT molecular complexity index is 484. The molecule has 5 aliphatic rings. The molecule has 4 bridgehead atoms. The first-order valence-electron chi connectivity index (χ1n) is 6.92. The summed E-state index contributed by atoms with van der Waals surface area (Å²) >= 11 is 1.41. The highest BCUT2D eigenvalue weighted by Gasteiger charge is 2.53. The number of nitrogens with zero attached hydrogens (tertiary/aromatic N) is 2. The average molecular weight is 279 g/mol. The highest BCUT2D eigenvalue weighted by atomic mass is 32.2. The third-order valence-electron chi connectivity index (χ3n) is 4.84. The van der Waals surface area contributed by atoms with Crippen LogP contribution >= 0.6 is 11.8 Å². The molecule has 102 valence electrons. The van der Waals surface area contributed by atoms with Gasteiger partial charge in [0.2, 0.25) is 5.91 Å². The molecule has 4 aliphatic carbocycles. The van der Waals surface area contributed by atoms with Gasteiger partial charge in [0.1, 0.15) is 0 Å². The summed E-state index contributed by atoms with van der Waals surface area (Å²) < 4.78 is 0. The standard InChI is InChI=1S/C13H17N3O2S/c17-10-6-19-12(14-10)16-15-11-8-1-7-2-9(11)5-13(18,3-7)4-8/h7-9,18H,1-6H2,(H,14,16,17)/t7?,8-,9+,13?. The summed E-state index contributed by atoms with van der Waals surface area (Å²) in [6.07, 6.45) is 4.99. The third-order valence-corrected chi connectivity index (χ3v) is 5.70. The number of nitrogens with one attached hydrogen (secondary N) is 1. The van der Waals surface area contributed by atoms with Gasteiger partial charge in [0.15, 0.2) is 5.17 Å². The molecule has 1 amide bonds. The first-order valence-corrected chi connectivity index (χ1v) is 7.90. The molecule has 2 unspecified atom stereocenters. The second-order valence-corrected chi connectivity index (χ2v) is 7.30. The topological polar surface area (TPSA) is 74.0 Å². The van der Waals surface area contributed by atoms with Gasteiger partial charge < -0.3 is 10.4 Å². The van der Waals surface area contributed by atoms with Crippen molar-refractivity contribution >= 4 is 28.5 Å². The number of carbonyl (C=O) groups excluding carboxylic acids is 1. The maximum absolute atomic E-state index is 11.1. The van der Waals surface area contributed by atoms with E-state index in [9.17, 15) is 9.90 Å². The Morgan fingerprint density at radius 1 is 1.21 bits per heavy atom. The minimum atomic E-state index is -0.432. The van der Waals surface area contributed by atoms with Crippen molar-refractivity contribution < 1.29 is 9.90 Å². The van der Waals surface area contributed by atoms with E-state index in [2.05, 4.69) is 15.5 Å². The summed E-state index contributed by atoms with van der Waals surface area (Å²) in [5, 5.41) is 22.4. The maximum Gasteiger partial charge on any atom is 0.236 e. The van der Waals surface area contributed by atoms with Gasteiger partial charge >= 0.3 is 0 Å². The molecular weight excluding hydrogens is 262 g/mol. The summed E-state index contributed by atoms with van der Waals surface area (Å²) in [6.45, 7) is 0. The molecule has 4 saturated carbocycles. The number of rotatable bonds is 1. The van der Waals surface area contributed by atoms with Crippen molar-refractivity contribution in [1.29, 1.82) is 0 Å². The van der Waals surface area contributed by atoms with Crippen molar-refractivity contribution in [2.45, 2.75) is 37.7 Å². The zero-order valence-electron chi connectivity index (χ0n) is 10.6. The van der Waals surface area contributed by atoms with E-state index in [-0.39, 0.29) is 5.91 Å². The fraction of sp³-hybridized carbons (Fsp3) is 0.769. The Balaban J connectivity index is 1.58. The van der Waals surface area contributed by atoms with Crippen molar-refractivity contribution in [3.63, 3.8) is 0 Å². The molecule has 0 aromatic heterocycles. The van der Waals surface area contributed by atoms with Crippen LogP contribution in [0.25, 0.3) is 0 Å².